The van der Waals surface area contributed by atoms with Crippen LogP contribution < -0.4 is 5.73 Å². The zero-order chi connectivity index (χ0) is 15.7. The monoisotopic (exact) mass is 324 g/mol. The summed E-state index contributed by atoms with van der Waals surface area (Å²) in [6.45, 7) is 0.745. The van der Waals surface area contributed by atoms with Crippen LogP contribution in [0.4, 0.5) is 0 Å². The summed E-state index contributed by atoms with van der Waals surface area (Å²) in [5.74, 6) is 0. The fraction of sp³-hybridized carbons (Fsp3) is 0.333. The lowest BCUT2D eigenvalue weighted by Gasteiger charge is -2.37. The molecule has 0 bridgehead atoms. The lowest BCUT2D eigenvalue weighted by Crippen LogP contribution is -2.48. The topological polar surface area (TPSA) is 56.7 Å². The largest absolute Gasteiger partial charge is 0.325 e. The zero-order valence-electron chi connectivity index (χ0n) is 13.0. The van der Waals surface area contributed by atoms with Gasteiger partial charge in [0.25, 0.3) is 0 Å². The molecule has 0 aliphatic heterocycles. The Labute approximate surface area is 140 Å². The van der Waals surface area contributed by atoms with Gasteiger partial charge in [-0.3, -0.25) is 0 Å². The molecule has 2 N–H and O–H groups in total. The smallest absolute Gasteiger partial charge is 0.0845 e. The summed E-state index contributed by atoms with van der Waals surface area (Å²) in [7, 11) is 0. The SMILES string of the molecule is NC1(Cc2cn(Cc3ccc(-c4ccsc4)cc3)nn2)CCC1. The molecule has 0 amide bonds. The highest BCUT2D eigenvalue weighted by Gasteiger charge is 2.33. The molecule has 0 saturated heterocycles. The molecule has 1 saturated carbocycles. The Bertz CT molecular complexity index is 770. The molecule has 1 fully saturated rings. The molecule has 1 aliphatic carbocycles. The minimum absolute atomic E-state index is 0.0386. The van der Waals surface area contributed by atoms with Gasteiger partial charge in [0.05, 0.1) is 12.2 Å². The van der Waals surface area contributed by atoms with E-state index < -0.39 is 0 Å². The molecule has 118 valence electrons. The van der Waals surface area contributed by atoms with Gasteiger partial charge in [0.1, 0.15) is 0 Å². The Morgan fingerprint density at radius 1 is 1.13 bits per heavy atom. The van der Waals surface area contributed by atoms with E-state index in [9.17, 15) is 0 Å². The number of hydrogen-bond acceptors (Lipinski definition) is 4. The van der Waals surface area contributed by atoms with E-state index in [-0.39, 0.29) is 5.54 Å². The molecule has 1 aliphatic rings. The summed E-state index contributed by atoms with van der Waals surface area (Å²) in [5.41, 5.74) is 11.0. The summed E-state index contributed by atoms with van der Waals surface area (Å²) >= 11 is 1.72. The predicted molar refractivity (Wildman–Crippen MR) is 93.4 cm³/mol. The van der Waals surface area contributed by atoms with Crippen LogP contribution in [-0.2, 0) is 13.0 Å². The van der Waals surface area contributed by atoms with Crippen molar-refractivity contribution in [3.8, 4) is 11.1 Å². The Kier molecular flexibility index (Phi) is 3.75. The number of rotatable bonds is 5. The van der Waals surface area contributed by atoms with Gasteiger partial charge in [-0.15, -0.1) is 5.10 Å². The molecule has 3 aromatic rings. The van der Waals surface area contributed by atoms with Crippen LogP contribution in [0.3, 0.4) is 0 Å². The highest BCUT2D eigenvalue weighted by Crippen LogP contribution is 2.31. The number of nitrogens with zero attached hydrogens (tertiary/aromatic N) is 3. The van der Waals surface area contributed by atoms with Crippen molar-refractivity contribution in [2.75, 3.05) is 0 Å². The van der Waals surface area contributed by atoms with Crippen molar-refractivity contribution in [3.63, 3.8) is 0 Å². The lowest BCUT2D eigenvalue weighted by atomic mass is 9.75. The highest BCUT2D eigenvalue weighted by atomic mass is 32.1. The minimum atomic E-state index is -0.0386. The summed E-state index contributed by atoms with van der Waals surface area (Å²) in [6.07, 6.45) is 6.30. The number of thiophene rings is 1. The Hall–Kier alpha value is -1.98. The maximum atomic E-state index is 6.28. The summed E-state index contributed by atoms with van der Waals surface area (Å²) < 4.78 is 1.90. The van der Waals surface area contributed by atoms with Gasteiger partial charge in [0.15, 0.2) is 0 Å². The summed E-state index contributed by atoms with van der Waals surface area (Å²) in [5, 5.41) is 12.8. The van der Waals surface area contributed by atoms with Crippen molar-refractivity contribution in [2.45, 2.75) is 37.8 Å². The molecule has 1 aromatic carbocycles. The third-order valence-corrected chi connectivity index (χ3v) is 5.30. The van der Waals surface area contributed by atoms with Gasteiger partial charge < -0.3 is 5.73 Å². The first-order valence-corrected chi connectivity index (χ1v) is 8.94. The van der Waals surface area contributed by atoms with Gasteiger partial charge in [0, 0.05) is 18.2 Å². The van der Waals surface area contributed by atoms with E-state index in [0.29, 0.717) is 0 Å². The van der Waals surface area contributed by atoms with Crippen molar-refractivity contribution in [1.29, 1.82) is 0 Å². The Balaban J connectivity index is 1.43. The fourth-order valence-corrected chi connectivity index (χ4v) is 3.75. The third kappa shape index (κ3) is 3.21. The Morgan fingerprint density at radius 2 is 1.96 bits per heavy atom. The van der Waals surface area contributed by atoms with Gasteiger partial charge in [-0.2, -0.15) is 11.3 Å². The van der Waals surface area contributed by atoms with Crippen molar-refractivity contribution >= 4 is 11.3 Å². The van der Waals surface area contributed by atoms with E-state index in [1.807, 2.05) is 10.9 Å². The number of nitrogens with two attached hydrogens (primary N) is 1. The van der Waals surface area contributed by atoms with E-state index in [0.717, 1.165) is 31.5 Å². The van der Waals surface area contributed by atoms with E-state index in [1.54, 1.807) is 11.3 Å². The lowest BCUT2D eigenvalue weighted by molar-refractivity contribution is 0.245. The van der Waals surface area contributed by atoms with Crippen LogP contribution in [0.2, 0.25) is 0 Å². The maximum absolute atomic E-state index is 6.28. The van der Waals surface area contributed by atoms with Crippen LogP contribution in [0, 0.1) is 0 Å². The van der Waals surface area contributed by atoms with E-state index >= 15 is 0 Å². The first-order chi connectivity index (χ1) is 11.2. The van der Waals surface area contributed by atoms with Crippen molar-refractivity contribution in [1.82, 2.24) is 15.0 Å². The average Bonchev–Trinajstić information content (AvgIpc) is 3.19. The van der Waals surface area contributed by atoms with E-state index in [1.165, 1.54) is 23.1 Å². The minimum Gasteiger partial charge on any atom is -0.325 e. The highest BCUT2D eigenvalue weighted by molar-refractivity contribution is 7.08. The number of hydrogen-bond donors (Lipinski definition) is 1. The van der Waals surface area contributed by atoms with Gasteiger partial charge >= 0.3 is 0 Å². The van der Waals surface area contributed by atoms with Crippen LogP contribution in [0.1, 0.15) is 30.5 Å². The molecule has 4 rings (SSSR count). The number of aromatic nitrogens is 3. The van der Waals surface area contributed by atoms with Crippen molar-refractivity contribution < 1.29 is 0 Å². The Morgan fingerprint density at radius 3 is 2.61 bits per heavy atom. The molecule has 0 unspecified atom stereocenters. The van der Waals surface area contributed by atoms with Gasteiger partial charge in [0.2, 0.25) is 0 Å². The molecule has 0 spiro atoms. The van der Waals surface area contributed by atoms with Crippen LogP contribution in [0.5, 0.6) is 0 Å². The molecule has 2 heterocycles. The molecule has 5 heteroatoms. The van der Waals surface area contributed by atoms with E-state index in [4.69, 9.17) is 5.73 Å². The number of benzene rings is 1. The molecule has 0 radical (unpaired) electrons. The van der Waals surface area contributed by atoms with Crippen molar-refractivity contribution in [2.24, 2.45) is 5.73 Å². The summed E-state index contributed by atoms with van der Waals surface area (Å²) in [6, 6.07) is 10.8. The van der Waals surface area contributed by atoms with Crippen LogP contribution in [0.15, 0.2) is 47.3 Å². The normalized spacial score (nSPS) is 16.2. The molecule has 2 aromatic heterocycles. The second kappa shape index (κ2) is 5.91. The standard InChI is InChI=1S/C18H20N4S/c19-18(7-1-8-18)10-17-12-22(21-20-17)11-14-2-4-15(5-3-14)16-6-9-23-13-16/h2-6,9,12-13H,1,7-8,10-11,19H2. The second-order valence-corrected chi connectivity index (χ2v) is 7.29. The van der Waals surface area contributed by atoms with Gasteiger partial charge in [-0.25, -0.2) is 4.68 Å². The molecular formula is C18H20N4S. The van der Waals surface area contributed by atoms with Gasteiger partial charge in [-0.05, 0) is 52.8 Å². The zero-order valence-corrected chi connectivity index (χ0v) is 13.8. The first kappa shape index (κ1) is 14.6. The van der Waals surface area contributed by atoms with Crippen LogP contribution >= 0.6 is 11.3 Å². The van der Waals surface area contributed by atoms with Crippen LogP contribution in [-0.4, -0.2) is 20.5 Å². The average molecular weight is 324 g/mol. The predicted octanol–water partition coefficient (Wildman–Crippen LogP) is 3.48. The molecule has 0 atom stereocenters. The van der Waals surface area contributed by atoms with Crippen LogP contribution in [0.25, 0.3) is 11.1 Å². The maximum Gasteiger partial charge on any atom is 0.0845 e. The first-order valence-electron chi connectivity index (χ1n) is 8.00. The molecule has 23 heavy (non-hydrogen) atoms. The second-order valence-electron chi connectivity index (χ2n) is 6.51. The third-order valence-electron chi connectivity index (χ3n) is 4.62. The summed E-state index contributed by atoms with van der Waals surface area (Å²) in [4.78, 5) is 0. The fourth-order valence-electron chi connectivity index (χ4n) is 3.08. The van der Waals surface area contributed by atoms with E-state index in [2.05, 4.69) is 51.4 Å². The molecule has 4 nitrogen and oxygen atoms in total. The quantitative estimate of drug-likeness (QED) is 0.782. The molecular weight excluding hydrogens is 304 g/mol. The van der Waals surface area contributed by atoms with Gasteiger partial charge in [-0.1, -0.05) is 29.5 Å². The van der Waals surface area contributed by atoms with Crippen molar-refractivity contribution in [3.05, 3.63) is 58.5 Å².